The van der Waals surface area contributed by atoms with Crippen molar-refractivity contribution < 1.29 is 14.7 Å². The highest BCUT2D eigenvalue weighted by Gasteiger charge is 2.12. The summed E-state index contributed by atoms with van der Waals surface area (Å²) in [5.41, 5.74) is 1.43. The van der Waals surface area contributed by atoms with Gasteiger partial charge in [-0.1, -0.05) is 48.5 Å². The minimum Gasteiger partial charge on any atom is -0.395 e. The van der Waals surface area contributed by atoms with Crippen LogP contribution < -0.4 is 10.2 Å². The van der Waals surface area contributed by atoms with Crippen molar-refractivity contribution in [3.05, 3.63) is 66.2 Å². The third kappa shape index (κ3) is 5.23. The van der Waals surface area contributed by atoms with Gasteiger partial charge in [-0.3, -0.25) is 9.59 Å². The normalized spacial score (nSPS) is 10.1. The van der Waals surface area contributed by atoms with Gasteiger partial charge in [-0.25, -0.2) is 0 Å². The van der Waals surface area contributed by atoms with Crippen molar-refractivity contribution >= 4 is 17.4 Å². The number of ketones is 1. The molecular formula is C18H20N2O3. The second kappa shape index (κ2) is 8.70. The standard InChI is InChI=1S/C18H20N2O3/c21-12-11-20(16-9-5-2-6-10-16)14-18(23)19-13-17(22)15-7-3-1-4-8-15/h1-10,21H,11-14H2,(H,19,23). The molecule has 0 radical (unpaired) electrons. The Morgan fingerprint density at radius 1 is 0.957 bits per heavy atom. The minimum atomic E-state index is -0.258. The van der Waals surface area contributed by atoms with Crippen LogP contribution in [0.15, 0.2) is 60.7 Å². The number of rotatable bonds is 8. The number of nitrogens with one attached hydrogen (secondary N) is 1. The number of amides is 1. The van der Waals surface area contributed by atoms with Gasteiger partial charge in [0.15, 0.2) is 5.78 Å². The fourth-order valence-corrected chi connectivity index (χ4v) is 2.19. The number of carbonyl (C=O) groups is 2. The summed E-state index contributed by atoms with van der Waals surface area (Å²) >= 11 is 0. The van der Waals surface area contributed by atoms with Gasteiger partial charge in [0.2, 0.25) is 5.91 Å². The molecule has 0 saturated carbocycles. The average molecular weight is 312 g/mol. The molecule has 2 aromatic rings. The molecule has 0 atom stereocenters. The van der Waals surface area contributed by atoms with Crippen LogP contribution in [0.3, 0.4) is 0 Å². The molecule has 0 heterocycles. The molecule has 23 heavy (non-hydrogen) atoms. The topological polar surface area (TPSA) is 69.6 Å². The molecule has 2 rings (SSSR count). The van der Waals surface area contributed by atoms with E-state index >= 15 is 0 Å². The van der Waals surface area contributed by atoms with Gasteiger partial charge in [-0.2, -0.15) is 0 Å². The van der Waals surface area contributed by atoms with Gasteiger partial charge in [0, 0.05) is 17.8 Å². The fraction of sp³-hybridized carbons (Fsp3) is 0.222. The van der Waals surface area contributed by atoms with Crippen molar-refractivity contribution in [1.29, 1.82) is 0 Å². The number of para-hydroxylation sites is 1. The Hall–Kier alpha value is -2.66. The molecule has 1 amide bonds. The molecule has 0 fully saturated rings. The predicted molar refractivity (Wildman–Crippen MR) is 89.5 cm³/mol. The van der Waals surface area contributed by atoms with E-state index in [1.165, 1.54) is 0 Å². The molecule has 2 aromatic carbocycles. The van der Waals surface area contributed by atoms with Gasteiger partial charge in [0.05, 0.1) is 19.7 Å². The van der Waals surface area contributed by atoms with Crippen LogP contribution in [0.5, 0.6) is 0 Å². The SMILES string of the molecule is O=C(CN(CCO)c1ccccc1)NCC(=O)c1ccccc1. The Morgan fingerprint density at radius 2 is 1.57 bits per heavy atom. The van der Waals surface area contributed by atoms with E-state index < -0.39 is 0 Å². The van der Waals surface area contributed by atoms with Crippen molar-refractivity contribution in [1.82, 2.24) is 5.32 Å². The number of carbonyl (C=O) groups excluding carboxylic acids is 2. The number of benzene rings is 2. The van der Waals surface area contributed by atoms with Gasteiger partial charge >= 0.3 is 0 Å². The zero-order chi connectivity index (χ0) is 16.5. The van der Waals surface area contributed by atoms with E-state index in [4.69, 9.17) is 5.11 Å². The first kappa shape index (κ1) is 16.7. The van der Waals surface area contributed by atoms with Crippen molar-refractivity contribution in [2.24, 2.45) is 0 Å². The van der Waals surface area contributed by atoms with E-state index in [9.17, 15) is 9.59 Å². The molecule has 0 saturated heterocycles. The summed E-state index contributed by atoms with van der Waals surface area (Å²) in [6, 6.07) is 18.2. The molecule has 0 aliphatic heterocycles. The maximum atomic E-state index is 12.1. The predicted octanol–water partition coefficient (Wildman–Crippen LogP) is 1.48. The highest BCUT2D eigenvalue weighted by molar-refractivity contribution is 5.99. The van der Waals surface area contributed by atoms with Gasteiger partial charge < -0.3 is 15.3 Å². The quantitative estimate of drug-likeness (QED) is 0.725. The Labute approximate surface area is 135 Å². The van der Waals surface area contributed by atoms with Crippen molar-refractivity contribution in [3.63, 3.8) is 0 Å². The minimum absolute atomic E-state index is 0.0371. The van der Waals surface area contributed by atoms with E-state index in [-0.39, 0.29) is 31.4 Å². The monoisotopic (exact) mass is 312 g/mol. The molecule has 0 spiro atoms. The number of nitrogens with zero attached hydrogens (tertiary/aromatic N) is 1. The van der Waals surface area contributed by atoms with Crippen LogP contribution in [0.25, 0.3) is 0 Å². The number of Topliss-reactive ketones (excluding diaryl/α,β-unsaturated/α-hetero) is 1. The number of aliphatic hydroxyl groups excluding tert-OH is 1. The zero-order valence-corrected chi connectivity index (χ0v) is 12.8. The second-order valence-corrected chi connectivity index (χ2v) is 5.05. The average Bonchev–Trinajstić information content (AvgIpc) is 2.61. The zero-order valence-electron chi connectivity index (χ0n) is 12.8. The summed E-state index contributed by atoms with van der Waals surface area (Å²) in [5, 5.41) is 11.8. The van der Waals surface area contributed by atoms with Crippen LogP contribution in [-0.4, -0.2) is 43.0 Å². The second-order valence-electron chi connectivity index (χ2n) is 5.05. The summed E-state index contributed by atoms with van der Waals surface area (Å²) in [5.74, 6) is -0.390. The first-order valence-corrected chi connectivity index (χ1v) is 7.46. The summed E-state index contributed by atoms with van der Waals surface area (Å²) in [6.07, 6.45) is 0. The van der Waals surface area contributed by atoms with E-state index in [1.807, 2.05) is 36.4 Å². The molecule has 0 aromatic heterocycles. The summed E-state index contributed by atoms with van der Waals surface area (Å²) < 4.78 is 0. The van der Waals surface area contributed by atoms with Crippen molar-refractivity contribution in [2.45, 2.75) is 0 Å². The lowest BCUT2D eigenvalue weighted by Gasteiger charge is -2.23. The van der Waals surface area contributed by atoms with Gasteiger partial charge in [0.1, 0.15) is 0 Å². The highest BCUT2D eigenvalue weighted by Crippen LogP contribution is 2.12. The third-order valence-corrected chi connectivity index (χ3v) is 3.37. The van der Waals surface area contributed by atoms with E-state index in [2.05, 4.69) is 5.32 Å². The molecule has 0 aliphatic carbocycles. The highest BCUT2D eigenvalue weighted by atomic mass is 16.3. The molecule has 5 heteroatoms. The first-order chi connectivity index (χ1) is 11.2. The number of hydrogen-bond acceptors (Lipinski definition) is 4. The molecule has 5 nitrogen and oxygen atoms in total. The first-order valence-electron chi connectivity index (χ1n) is 7.46. The largest absolute Gasteiger partial charge is 0.395 e. The summed E-state index contributed by atoms with van der Waals surface area (Å²) in [4.78, 5) is 25.8. The van der Waals surface area contributed by atoms with Crippen LogP contribution >= 0.6 is 0 Å². The Bertz CT molecular complexity index is 629. The Kier molecular flexibility index (Phi) is 6.32. The van der Waals surface area contributed by atoms with Crippen LogP contribution in [0.1, 0.15) is 10.4 Å². The molecule has 2 N–H and O–H groups in total. The Morgan fingerprint density at radius 3 is 2.17 bits per heavy atom. The maximum Gasteiger partial charge on any atom is 0.239 e. The number of hydrogen-bond donors (Lipinski definition) is 2. The molecule has 0 aliphatic rings. The van der Waals surface area contributed by atoms with Gasteiger partial charge in [-0.05, 0) is 12.1 Å². The molecular weight excluding hydrogens is 292 g/mol. The van der Waals surface area contributed by atoms with Gasteiger partial charge in [-0.15, -0.1) is 0 Å². The van der Waals surface area contributed by atoms with Crippen LogP contribution in [0.4, 0.5) is 5.69 Å². The number of anilines is 1. The van der Waals surface area contributed by atoms with Crippen LogP contribution in [-0.2, 0) is 4.79 Å². The maximum absolute atomic E-state index is 12.1. The molecule has 0 unspecified atom stereocenters. The van der Waals surface area contributed by atoms with Gasteiger partial charge in [0.25, 0.3) is 0 Å². The fourth-order valence-electron chi connectivity index (χ4n) is 2.19. The van der Waals surface area contributed by atoms with E-state index in [0.29, 0.717) is 12.1 Å². The van der Waals surface area contributed by atoms with Crippen molar-refractivity contribution in [3.8, 4) is 0 Å². The smallest absolute Gasteiger partial charge is 0.239 e. The van der Waals surface area contributed by atoms with E-state index in [0.717, 1.165) is 5.69 Å². The summed E-state index contributed by atoms with van der Waals surface area (Å²) in [7, 11) is 0. The van der Waals surface area contributed by atoms with Crippen molar-refractivity contribution in [2.75, 3.05) is 31.1 Å². The lowest BCUT2D eigenvalue weighted by molar-refractivity contribution is -0.119. The third-order valence-electron chi connectivity index (χ3n) is 3.37. The Balaban J connectivity index is 1.88. The molecule has 120 valence electrons. The molecule has 0 bridgehead atoms. The lowest BCUT2D eigenvalue weighted by atomic mass is 10.1. The van der Waals surface area contributed by atoms with Crippen LogP contribution in [0, 0.1) is 0 Å². The van der Waals surface area contributed by atoms with Crippen LogP contribution in [0.2, 0.25) is 0 Å². The number of aliphatic hydroxyl groups is 1. The summed E-state index contributed by atoms with van der Waals surface area (Å²) in [6.45, 7) is 0.354. The van der Waals surface area contributed by atoms with E-state index in [1.54, 1.807) is 29.2 Å². The lowest BCUT2D eigenvalue weighted by Crippen LogP contribution is -2.40.